The Hall–Kier alpha value is -3.35. The van der Waals surface area contributed by atoms with Gasteiger partial charge in [0.05, 0.1) is 23.5 Å². The molecule has 152 valence electrons. The summed E-state index contributed by atoms with van der Waals surface area (Å²) in [5.74, 6) is -0.901. The minimum atomic E-state index is -0.877. The van der Waals surface area contributed by atoms with Crippen molar-refractivity contribution in [3.8, 4) is 11.1 Å². The topological polar surface area (TPSA) is 55.1 Å². The third kappa shape index (κ3) is 3.10. The van der Waals surface area contributed by atoms with Crippen molar-refractivity contribution in [2.75, 3.05) is 5.32 Å². The molecule has 1 N–H and O–H groups in total. The summed E-state index contributed by atoms with van der Waals surface area (Å²) < 4.78 is 30.3. The van der Waals surface area contributed by atoms with E-state index in [1.165, 1.54) is 6.07 Å². The first kappa shape index (κ1) is 18.7. The molecule has 0 bridgehead atoms. The lowest BCUT2D eigenvalue weighted by molar-refractivity contribution is 0.511. The lowest BCUT2D eigenvalue weighted by Crippen LogP contribution is -2.15. The molecule has 0 unspecified atom stereocenters. The van der Waals surface area contributed by atoms with E-state index >= 15 is 0 Å². The molecule has 5 nitrogen and oxygen atoms in total. The van der Waals surface area contributed by atoms with Crippen molar-refractivity contribution < 1.29 is 8.78 Å². The number of nitrogens with one attached hydrogen (secondary N) is 1. The fraction of sp³-hybridized carbons (Fsp3) is 0.261. The van der Waals surface area contributed by atoms with Gasteiger partial charge in [0, 0.05) is 23.0 Å². The molecule has 1 aliphatic carbocycles. The highest BCUT2D eigenvalue weighted by atomic mass is 19.2. The zero-order chi connectivity index (χ0) is 20.7. The van der Waals surface area contributed by atoms with Gasteiger partial charge in [-0.1, -0.05) is 18.2 Å². The van der Waals surface area contributed by atoms with Crippen LogP contribution in [0.2, 0.25) is 0 Å². The molecule has 3 heterocycles. The van der Waals surface area contributed by atoms with E-state index in [0.29, 0.717) is 23.4 Å². The zero-order valence-electron chi connectivity index (χ0n) is 16.6. The lowest BCUT2D eigenvalue weighted by atomic mass is 9.96. The number of hydrogen-bond acceptors (Lipinski definition) is 4. The molecular weight excluding hydrogens is 384 g/mol. The standard InChI is InChI=1S/C23H21F2N5/c1-14-20(17-9-6-10-18(24)21(17)25)23-28-19-11-3-2-8-16(19)22(30(23)29-14)27-13-15-7-4-5-12-26-15/h4-7,9-10,12,27H,2-3,8,11,13H2,1H3. The van der Waals surface area contributed by atoms with Gasteiger partial charge < -0.3 is 5.32 Å². The van der Waals surface area contributed by atoms with Crippen molar-refractivity contribution in [2.24, 2.45) is 0 Å². The summed E-state index contributed by atoms with van der Waals surface area (Å²) in [4.78, 5) is 9.23. The number of aryl methyl sites for hydroxylation is 2. The molecular formula is C23H21F2N5. The maximum Gasteiger partial charge on any atom is 0.166 e. The van der Waals surface area contributed by atoms with Crippen LogP contribution in [0.15, 0.2) is 42.6 Å². The van der Waals surface area contributed by atoms with Crippen LogP contribution < -0.4 is 5.32 Å². The maximum atomic E-state index is 14.6. The molecule has 0 radical (unpaired) electrons. The number of rotatable bonds is 4. The predicted molar refractivity (Wildman–Crippen MR) is 111 cm³/mol. The van der Waals surface area contributed by atoms with Gasteiger partial charge in [-0.2, -0.15) is 9.61 Å². The smallest absolute Gasteiger partial charge is 0.166 e. The number of aromatic nitrogens is 4. The number of anilines is 1. The third-order valence-corrected chi connectivity index (χ3v) is 5.60. The fourth-order valence-electron chi connectivity index (χ4n) is 4.17. The van der Waals surface area contributed by atoms with Gasteiger partial charge in [-0.25, -0.2) is 13.8 Å². The van der Waals surface area contributed by atoms with Crippen molar-refractivity contribution in [1.82, 2.24) is 19.6 Å². The first-order valence-electron chi connectivity index (χ1n) is 10.1. The minimum absolute atomic E-state index is 0.182. The summed E-state index contributed by atoms with van der Waals surface area (Å²) in [6, 6.07) is 9.99. The number of pyridine rings is 1. The summed E-state index contributed by atoms with van der Waals surface area (Å²) in [5, 5.41) is 8.14. The van der Waals surface area contributed by atoms with Crippen molar-refractivity contribution in [3.05, 3.63) is 76.9 Å². The molecule has 0 atom stereocenters. The molecule has 7 heteroatoms. The van der Waals surface area contributed by atoms with Gasteiger partial charge >= 0.3 is 0 Å². The summed E-state index contributed by atoms with van der Waals surface area (Å²) in [6.07, 6.45) is 5.68. The number of halogens is 2. The fourth-order valence-corrected chi connectivity index (χ4v) is 4.17. The first-order chi connectivity index (χ1) is 14.6. The second kappa shape index (κ2) is 7.48. The highest BCUT2D eigenvalue weighted by Crippen LogP contribution is 2.35. The van der Waals surface area contributed by atoms with E-state index in [4.69, 9.17) is 4.98 Å². The average molecular weight is 405 g/mol. The van der Waals surface area contributed by atoms with E-state index in [2.05, 4.69) is 15.4 Å². The van der Waals surface area contributed by atoms with E-state index in [0.717, 1.165) is 54.5 Å². The van der Waals surface area contributed by atoms with Gasteiger partial charge in [-0.3, -0.25) is 4.98 Å². The highest BCUT2D eigenvalue weighted by Gasteiger charge is 2.24. The third-order valence-electron chi connectivity index (χ3n) is 5.60. The molecule has 0 spiro atoms. The summed E-state index contributed by atoms with van der Waals surface area (Å²) >= 11 is 0. The SMILES string of the molecule is Cc1nn2c(NCc3ccccn3)c3c(nc2c1-c1cccc(F)c1F)CCCC3. The molecule has 1 aromatic carbocycles. The number of fused-ring (bicyclic) bond motifs is 2. The molecule has 4 aromatic rings. The molecule has 0 aliphatic heterocycles. The lowest BCUT2D eigenvalue weighted by Gasteiger charge is -2.20. The Bertz CT molecular complexity index is 1230. The van der Waals surface area contributed by atoms with Crippen LogP contribution in [0.25, 0.3) is 16.8 Å². The van der Waals surface area contributed by atoms with Gasteiger partial charge in [0.2, 0.25) is 0 Å². The molecule has 5 rings (SSSR count). The maximum absolute atomic E-state index is 14.6. The Kier molecular flexibility index (Phi) is 4.65. The van der Waals surface area contributed by atoms with Crippen molar-refractivity contribution in [1.29, 1.82) is 0 Å². The van der Waals surface area contributed by atoms with Crippen LogP contribution in [0.4, 0.5) is 14.6 Å². The number of benzene rings is 1. The minimum Gasteiger partial charge on any atom is -0.364 e. The molecule has 3 aromatic heterocycles. The number of hydrogen-bond donors (Lipinski definition) is 1. The first-order valence-corrected chi connectivity index (χ1v) is 10.1. The van der Waals surface area contributed by atoms with Crippen LogP contribution in [0.3, 0.4) is 0 Å². The van der Waals surface area contributed by atoms with E-state index in [1.807, 2.05) is 18.2 Å². The Morgan fingerprint density at radius 1 is 1.07 bits per heavy atom. The van der Waals surface area contributed by atoms with Crippen molar-refractivity contribution >= 4 is 11.5 Å². The summed E-state index contributed by atoms with van der Waals surface area (Å²) in [7, 11) is 0. The largest absolute Gasteiger partial charge is 0.364 e. The Balaban J connectivity index is 1.70. The molecule has 0 amide bonds. The van der Waals surface area contributed by atoms with E-state index < -0.39 is 11.6 Å². The van der Waals surface area contributed by atoms with E-state index in [9.17, 15) is 8.78 Å². The molecule has 0 fully saturated rings. The normalized spacial score (nSPS) is 13.4. The second-order valence-corrected chi connectivity index (χ2v) is 7.56. The van der Waals surface area contributed by atoms with Gasteiger partial charge in [0.1, 0.15) is 5.82 Å². The van der Waals surface area contributed by atoms with Crippen LogP contribution in [-0.2, 0) is 19.4 Å². The monoisotopic (exact) mass is 405 g/mol. The van der Waals surface area contributed by atoms with E-state index in [-0.39, 0.29) is 5.56 Å². The van der Waals surface area contributed by atoms with Gasteiger partial charge in [-0.05, 0) is 50.8 Å². The second-order valence-electron chi connectivity index (χ2n) is 7.56. The quantitative estimate of drug-likeness (QED) is 0.526. The van der Waals surface area contributed by atoms with Crippen LogP contribution >= 0.6 is 0 Å². The van der Waals surface area contributed by atoms with Crippen molar-refractivity contribution in [3.63, 3.8) is 0 Å². The van der Waals surface area contributed by atoms with Crippen LogP contribution in [0.5, 0.6) is 0 Å². The zero-order valence-corrected chi connectivity index (χ0v) is 16.6. The van der Waals surface area contributed by atoms with E-state index in [1.54, 1.807) is 23.7 Å². The summed E-state index contributed by atoms with van der Waals surface area (Å²) in [5.41, 5.74) is 4.90. The number of nitrogens with zero attached hydrogens (tertiary/aromatic N) is 4. The highest BCUT2D eigenvalue weighted by molar-refractivity contribution is 5.82. The van der Waals surface area contributed by atoms with Crippen LogP contribution in [0, 0.1) is 18.6 Å². The Morgan fingerprint density at radius 3 is 2.77 bits per heavy atom. The van der Waals surface area contributed by atoms with Gasteiger partial charge in [0.15, 0.2) is 17.3 Å². The molecule has 30 heavy (non-hydrogen) atoms. The van der Waals surface area contributed by atoms with Crippen molar-refractivity contribution in [2.45, 2.75) is 39.2 Å². The Labute approximate surface area is 172 Å². The predicted octanol–water partition coefficient (Wildman–Crippen LogP) is 4.87. The van der Waals surface area contributed by atoms with Crippen LogP contribution in [0.1, 0.15) is 35.5 Å². The Morgan fingerprint density at radius 2 is 1.93 bits per heavy atom. The average Bonchev–Trinajstić information content (AvgIpc) is 3.09. The molecule has 1 aliphatic rings. The molecule has 0 saturated heterocycles. The van der Waals surface area contributed by atoms with Gasteiger partial charge in [0.25, 0.3) is 0 Å². The van der Waals surface area contributed by atoms with Gasteiger partial charge in [-0.15, -0.1) is 0 Å². The summed E-state index contributed by atoms with van der Waals surface area (Å²) in [6.45, 7) is 2.34. The molecule has 0 saturated carbocycles. The van der Waals surface area contributed by atoms with Crippen LogP contribution in [-0.4, -0.2) is 19.6 Å².